The molecule has 3 rings (SSSR count). The van der Waals surface area contributed by atoms with Crippen LogP contribution in [0.25, 0.3) is 0 Å². The minimum absolute atomic E-state index is 0.0763. The highest BCUT2D eigenvalue weighted by atomic mass is 35.5. The fraction of sp³-hybridized carbons (Fsp3) is 0.200. The quantitative estimate of drug-likeness (QED) is 0.567. The summed E-state index contributed by atoms with van der Waals surface area (Å²) in [6, 6.07) is 7.41. The van der Waals surface area contributed by atoms with Crippen LogP contribution in [-0.4, -0.2) is 6.61 Å². The van der Waals surface area contributed by atoms with Gasteiger partial charge < -0.3 is 4.74 Å². The van der Waals surface area contributed by atoms with Crippen LogP contribution in [0, 0.1) is 11.6 Å². The second-order valence-electron chi connectivity index (χ2n) is 4.62. The average molecular weight is 315 g/mol. The second kappa shape index (κ2) is 5.23. The summed E-state index contributed by atoms with van der Waals surface area (Å²) >= 11 is 11.8. The van der Waals surface area contributed by atoms with Crippen molar-refractivity contribution in [1.82, 2.24) is 0 Å². The van der Waals surface area contributed by atoms with Crippen LogP contribution >= 0.6 is 23.2 Å². The third kappa shape index (κ3) is 2.36. The van der Waals surface area contributed by atoms with E-state index in [1.807, 2.05) is 6.07 Å². The highest BCUT2D eigenvalue weighted by Crippen LogP contribution is 2.36. The molecule has 5 heteroatoms. The van der Waals surface area contributed by atoms with Crippen molar-refractivity contribution in [2.45, 2.75) is 11.8 Å². The first-order chi connectivity index (χ1) is 9.56. The number of halogens is 4. The Hall–Kier alpha value is -1.32. The lowest BCUT2D eigenvalue weighted by Crippen LogP contribution is -1.99. The van der Waals surface area contributed by atoms with E-state index in [0.29, 0.717) is 12.2 Å². The summed E-state index contributed by atoms with van der Waals surface area (Å²) in [7, 11) is 0. The molecular formula is C15H10Cl2F2O. The van der Waals surface area contributed by atoms with Gasteiger partial charge in [-0.25, -0.2) is 8.78 Å². The molecule has 0 amide bonds. The van der Waals surface area contributed by atoms with Crippen molar-refractivity contribution < 1.29 is 13.5 Å². The first kappa shape index (κ1) is 13.7. The minimum atomic E-state index is -0.771. The Labute approximate surface area is 125 Å². The van der Waals surface area contributed by atoms with Crippen molar-refractivity contribution in [3.05, 3.63) is 63.7 Å². The lowest BCUT2D eigenvalue weighted by atomic mass is 10.0. The van der Waals surface area contributed by atoms with Crippen LogP contribution in [0.5, 0.6) is 5.75 Å². The predicted molar refractivity (Wildman–Crippen MR) is 74.7 cm³/mol. The Morgan fingerprint density at radius 3 is 2.70 bits per heavy atom. The molecule has 0 saturated carbocycles. The van der Waals surface area contributed by atoms with Crippen molar-refractivity contribution in [2.24, 2.45) is 0 Å². The van der Waals surface area contributed by atoms with Crippen molar-refractivity contribution in [3.63, 3.8) is 0 Å². The van der Waals surface area contributed by atoms with Gasteiger partial charge >= 0.3 is 0 Å². The topological polar surface area (TPSA) is 9.23 Å². The van der Waals surface area contributed by atoms with Crippen LogP contribution in [0.4, 0.5) is 8.78 Å². The number of benzene rings is 2. The minimum Gasteiger partial charge on any atom is -0.493 e. The van der Waals surface area contributed by atoms with Crippen molar-refractivity contribution in [1.29, 1.82) is 0 Å². The molecule has 1 atom stereocenters. The molecule has 2 aromatic rings. The van der Waals surface area contributed by atoms with Crippen LogP contribution in [-0.2, 0) is 6.42 Å². The highest BCUT2D eigenvalue weighted by molar-refractivity contribution is 6.30. The van der Waals surface area contributed by atoms with Crippen LogP contribution < -0.4 is 4.74 Å². The normalized spacial score (nSPS) is 14.8. The van der Waals surface area contributed by atoms with E-state index < -0.39 is 17.0 Å². The molecule has 1 aliphatic rings. The molecule has 0 aliphatic carbocycles. The van der Waals surface area contributed by atoms with E-state index in [1.165, 1.54) is 0 Å². The van der Waals surface area contributed by atoms with Crippen LogP contribution in [0.1, 0.15) is 22.1 Å². The van der Waals surface area contributed by atoms with Gasteiger partial charge in [-0.05, 0) is 29.3 Å². The third-order valence-corrected chi connectivity index (χ3v) is 4.10. The SMILES string of the molecule is Fc1cc(C(Cl)c2ccc3c(c2)CCO3)c(F)cc1Cl. The zero-order chi connectivity index (χ0) is 14.3. The van der Waals surface area contributed by atoms with E-state index in [9.17, 15) is 8.78 Å². The van der Waals surface area contributed by atoms with Gasteiger partial charge in [0.1, 0.15) is 17.4 Å². The molecule has 20 heavy (non-hydrogen) atoms. The molecule has 1 aliphatic heterocycles. The van der Waals surface area contributed by atoms with Crippen LogP contribution in [0.2, 0.25) is 5.02 Å². The summed E-state index contributed by atoms with van der Waals surface area (Å²) in [5, 5.41) is -1.02. The Bertz CT molecular complexity index is 673. The van der Waals surface area contributed by atoms with Gasteiger partial charge in [0, 0.05) is 12.0 Å². The molecule has 0 bridgehead atoms. The standard InChI is InChI=1S/C15H10Cl2F2O/c16-11-7-12(18)10(6-13(11)19)15(17)9-1-2-14-8(5-9)3-4-20-14/h1-2,5-7,15H,3-4H2. The first-order valence-corrected chi connectivity index (χ1v) is 6.92. The molecule has 104 valence electrons. The van der Waals surface area contributed by atoms with E-state index in [4.69, 9.17) is 27.9 Å². The van der Waals surface area contributed by atoms with E-state index >= 15 is 0 Å². The summed E-state index contributed by atoms with van der Waals surface area (Å²) in [6.07, 6.45) is 0.796. The Morgan fingerprint density at radius 2 is 1.90 bits per heavy atom. The van der Waals surface area contributed by atoms with E-state index in [-0.39, 0.29) is 10.6 Å². The first-order valence-electron chi connectivity index (χ1n) is 6.10. The van der Waals surface area contributed by atoms with Gasteiger partial charge in [0.25, 0.3) is 0 Å². The number of hydrogen-bond acceptors (Lipinski definition) is 1. The molecule has 0 saturated heterocycles. The number of rotatable bonds is 2. The molecule has 0 N–H and O–H groups in total. The Balaban J connectivity index is 2.00. The molecule has 0 fully saturated rings. The zero-order valence-corrected chi connectivity index (χ0v) is 11.8. The summed E-state index contributed by atoms with van der Waals surface area (Å²) in [5.74, 6) is -0.480. The molecule has 1 unspecified atom stereocenters. The maximum atomic E-state index is 13.9. The number of ether oxygens (including phenoxy) is 1. The fourth-order valence-corrected chi connectivity index (χ4v) is 2.73. The van der Waals surface area contributed by atoms with Gasteiger partial charge in [-0.1, -0.05) is 23.7 Å². The van der Waals surface area contributed by atoms with E-state index in [2.05, 4.69) is 0 Å². The van der Waals surface area contributed by atoms with E-state index in [1.54, 1.807) is 12.1 Å². The smallest absolute Gasteiger partial charge is 0.142 e. The van der Waals surface area contributed by atoms with Gasteiger partial charge in [-0.15, -0.1) is 11.6 Å². The largest absolute Gasteiger partial charge is 0.493 e. The molecular weight excluding hydrogens is 305 g/mol. The lowest BCUT2D eigenvalue weighted by molar-refractivity contribution is 0.357. The van der Waals surface area contributed by atoms with Gasteiger partial charge in [0.15, 0.2) is 0 Å². The Morgan fingerprint density at radius 1 is 1.10 bits per heavy atom. The summed E-state index contributed by atoms with van der Waals surface area (Å²) in [5.41, 5.74) is 1.81. The molecule has 1 heterocycles. The summed E-state index contributed by atoms with van der Waals surface area (Å²) in [6.45, 7) is 0.635. The van der Waals surface area contributed by atoms with Gasteiger partial charge in [-0.3, -0.25) is 0 Å². The summed E-state index contributed by atoms with van der Waals surface area (Å²) < 4.78 is 32.8. The second-order valence-corrected chi connectivity index (χ2v) is 5.46. The molecule has 0 aromatic heterocycles. The van der Waals surface area contributed by atoms with Crippen molar-refractivity contribution >= 4 is 23.2 Å². The molecule has 0 spiro atoms. The van der Waals surface area contributed by atoms with Gasteiger partial charge in [0.2, 0.25) is 0 Å². The van der Waals surface area contributed by atoms with Crippen LogP contribution in [0.3, 0.4) is 0 Å². The monoisotopic (exact) mass is 314 g/mol. The predicted octanol–water partition coefficient (Wildman–Crippen LogP) is 4.88. The molecule has 1 nitrogen and oxygen atoms in total. The van der Waals surface area contributed by atoms with Gasteiger partial charge in [-0.2, -0.15) is 0 Å². The fourth-order valence-electron chi connectivity index (χ4n) is 2.28. The number of hydrogen-bond donors (Lipinski definition) is 0. The van der Waals surface area contributed by atoms with E-state index in [0.717, 1.165) is 29.9 Å². The van der Waals surface area contributed by atoms with Crippen molar-refractivity contribution in [3.8, 4) is 5.75 Å². The highest BCUT2D eigenvalue weighted by Gasteiger charge is 2.20. The van der Waals surface area contributed by atoms with Crippen LogP contribution in [0.15, 0.2) is 30.3 Å². The zero-order valence-electron chi connectivity index (χ0n) is 10.3. The third-order valence-electron chi connectivity index (χ3n) is 3.32. The lowest BCUT2D eigenvalue weighted by Gasteiger charge is -2.13. The average Bonchev–Trinajstić information content (AvgIpc) is 2.89. The maximum absolute atomic E-state index is 13.9. The van der Waals surface area contributed by atoms with Gasteiger partial charge in [0.05, 0.1) is 17.0 Å². The molecule has 0 radical (unpaired) electrons. The maximum Gasteiger partial charge on any atom is 0.142 e. The number of alkyl halides is 1. The summed E-state index contributed by atoms with van der Waals surface area (Å²) in [4.78, 5) is 0. The molecule has 2 aromatic carbocycles. The van der Waals surface area contributed by atoms with Crippen molar-refractivity contribution in [2.75, 3.05) is 6.61 Å². The number of fused-ring (bicyclic) bond motifs is 1. The Kier molecular flexibility index (Phi) is 3.57.